The van der Waals surface area contributed by atoms with Crippen LogP contribution in [-0.4, -0.2) is 118 Å². The molecule has 59 heavy (non-hydrogen) atoms. The predicted molar refractivity (Wildman–Crippen MR) is 230 cm³/mol. The molecule has 0 bridgehead atoms. The van der Waals surface area contributed by atoms with Crippen LogP contribution < -0.4 is 15.1 Å². The quantitative estimate of drug-likeness (QED) is 0.187. The van der Waals surface area contributed by atoms with Gasteiger partial charge in [-0.25, -0.2) is 29.1 Å². The zero-order valence-corrected chi connectivity index (χ0v) is 36.5. The summed E-state index contributed by atoms with van der Waals surface area (Å²) in [6, 6.07) is 14.1. The van der Waals surface area contributed by atoms with Crippen molar-refractivity contribution < 1.29 is 38.5 Å². The van der Waals surface area contributed by atoms with Crippen LogP contribution in [0.5, 0.6) is 0 Å². The lowest BCUT2D eigenvalue weighted by molar-refractivity contribution is 0.0230. The number of benzene rings is 2. The first kappa shape index (κ1) is 44.8. The minimum Gasteiger partial charge on any atom is -0.477 e. The van der Waals surface area contributed by atoms with Crippen LogP contribution in [0.15, 0.2) is 48.5 Å². The minimum absolute atomic E-state index is 0.0330. The zero-order valence-electron chi connectivity index (χ0n) is 35.0. The van der Waals surface area contributed by atoms with E-state index in [-0.39, 0.29) is 17.9 Å². The largest absolute Gasteiger partial charge is 0.477 e. The molecule has 2 aromatic heterocycles. The molecule has 2 aromatic carbocycles. The number of halogens is 2. The maximum absolute atomic E-state index is 12.4. The third kappa shape index (κ3) is 12.6. The summed E-state index contributed by atoms with van der Waals surface area (Å²) in [5.74, 6) is -0.718. The van der Waals surface area contributed by atoms with E-state index >= 15 is 0 Å². The number of nitrogens with zero attached hydrogens (tertiary/aromatic N) is 6. The fraction of sp³-hybridized carbons (Fsp3) is 0.476. The van der Waals surface area contributed by atoms with Gasteiger partial charge in [0.1, 0.15) is 22.6 Å². The van der Waals surface area contributed by atoms with Gasteiger partial charge in [-0.05, 0) is 105 Å². The van der Waals surface area contributed by atoms with Crippen molar-refractivity contribution in [3.8, 4) is 0 Å². The maximum Gasteiger partial charge on any atom is 0.413 e. The first-order chi connectivity index (χ1) is 27.4. The van der Waals surface area contributed by atoms with Crippen molar-refractivity contribution in [1.82, 2.24) is 19.8 Å². The van der Waals surface area contributed by atoms with Crippen LogP contribution in [0.1, 0.15) is 72.8 Å². The van der Waals surface area contributed by atoms with Gasteiger partial charge < -0.3 is 38.9 Å². The Morgan fingerprint density at radius 3 is 1.41 bits per heavy atom. The van der Waals surface area contributed by atoms with E-state index in [4.69, 9.17) is 37.4 Å². The Morgan fingerprint density at radius 2 is 1.00 bits per heavy atom. The molecule has 3 amide bonds. The van der Waals surface area contributed by atoms with E-state index in [2.05, 4.69) is 25.1 Å². The smallest absolute Gasteiger partial charge is 0.413 e. The third-order valence-corrected chi connectivity index (χ3v) is 9.36. The van der Waals surface area contributed by atoms with E-state index < -0.39 is 28.9 Å². The van der Waals surface area contributed by atoms with Gasteiger partial charge in [0.15, 0.2) is 5.69 Å². The number of carboxylic acid groups (broad SMARTS) is 1. The van der Waals surface area contributed by atoms with Crippen molar-refractivity contribution in [3.05, 3.63) is 64.3 Å². The second kappa shape index (κ2) is 17.9. The lowest BCUT2D eigenvalue weighted by Crippen LogP contribution is -2.50. The second-order valence-electron chi connectivity index (χ2n) is 17.2. The number of ether oxygens (including phenoxy) is 3. The topological polar surface area (TPSA) is 167 Å². The Labute approximate surface area is 354 Å². The molecule has 15 nitrogen and oxygen atoms in total. The number of hydrogen-bond acceptors (Lipinski definition) is 11. The highest BCUT2D eigenvalue weighted by atomic mass is 35.5. The summed E-state index contributed by atoms with van der Waals surface area (Å²) in [4.78, 5) is 64.7. The van der Waals surface area contributed by atoms with Crippen LogP contribution in [-0.2, 0) is 14.2 Å². The molecular formula is C42H53Cl2N7O8. The van der Waals surface area contributed by atoms with E-state index in [1.54, 1.807) is 54.8 Å². The Kier molecular flexibility index (Phi) is 13.6. The van der Waals surface area contributed by atoms with Crippen molar-refractivity contribution in [2.75, 3.05) is 67.5 Å². The molecule has 4 heterocycles. The van der Waals surface area contributed by atoms with Crippen molar-refractivity contribution >= 4 is 86.4 Å². The van der Waals surface area contributed by atoms with Gasteiger partial charge in [-0.2, -0.15) is 0 Å². The highest BCUT2D eigenvalue weighted by Crippen LogP contribution is 2.33. The van der Waals surface area contributed by atoms with E-state index in [1.807, 2.05) is 65.8 Å². The third-order valence-electron chi connectivity index (χ3n) is 8.89. The Morgan fingerprint density at radius 1 is 0.593 bits per heavy atom. The lowest BCUT2D eigenvalue weighted by atomic mass is 10.1. The molecule has 2 N–H and O–H groups in total. The number of anilines is 3. The number of carbonyl (C=O) groups excluding carboxylic acids is 3. The molecule has 2 aliphatic heterocycles. The first-order valence-electron chi connectivity index (χ1n) is 19.3. The van der Waals surface area contributed by atoms with Gasteiger partial charge in [0.2, 0.25) is 0 Å². The highest BCUT2D eigenvalue weighted by molar-refractivity contribution is 6.31. The Balaban J connectivity index is 0.000000227. The average molecular weight is 855 g/mol. The molecule has 0 spiro atoms. The van der Waals surface area contributed by atoms with Gasteiger partial charge >= 0.3 is 24.2 Å². The highest BCUT2D eigenvalue weighted by Gasteiger charge is 2.29. The molecule has 2 fully saturated rings. The molecule has 0 unspecified atom stereocenters. The van der Waals surface area contributed by atoms with Crippen LogP contribution in [0.2, 0.25) is 10.0 Å². The van der Waals surface area contributed by atoms with Crippen LogP contribution in [0.3, 0.4) is 0 Å². The monoisotopic (exact) mass is 853 g/mol. The molecular weight excluding hydrogens is 801 g/mol. The van der Waals surface area contributed by atoms with Gasteiger partial charge in [-0.3, -0.25) is 5.32 Å². The summed E-state index contributed by atoms with van der Waals surface area (Å²) in [5, 5.41) is 14.9. The fourth-order valence-electron chi connectivity index (χ4n) is 6.38. The van der Waals surface area contributed by atoms with Crippen LogP contribution in [0.4, 0.5) is 31.6 Å². The Bertz CT molecular complexity index is 2200. The molecule has 2 saturated heterocycles. The average Bonchev–Trinajstić information content (AvgIpc) is 3.12. The molecule has 0 atom stereocenters. The van der Waals surface area contributed by atoms with Gasteiger partial charge in [0.05, 0.1) is 11.0 Å². The summed E-state index contributed by atoms with van der Waals surface area (Å²) in [5.41, 5.74) is 1.16. The molecule has 4 aromatic rings. The first-order valence-corrected chi connectivity index (χ1v) is 20.1. The van der Waals surface area contributed by atoms with Gasteiger partial charge in [-0.15, -0.1) is 0 Å². The minimum atomic E-state index is -1.09. The maximum atomic E-state index is 12.4. The van der Waals surface area contributed by atoms with Gasteiger partial charge in [0, 0.05) is 90.6 Å². The summed E-state index contributed by atoms with van der Waals surface area (Å²) in [6.07, 6.45) is -1.22. The summed E-state index contributed by atoms with van der Waals surface area (Å²) >= 11 is 12.2. The van der Waals surface area contributed by atoms with E-state index in [0.29, 0.717) is 79.3 Å². The lowest BCUT2D eigenvalue weighted by Gasteiger charge is -2.37. The Hall–Kier alpha value is -5.28. The van der Waals surface area contributed by atoms with Crippen LogP contribution in [0.25, 0.3) is 21.8 Å². The standard InChI is InChI=1S/C23H31ClN4O4.C19H22ClN3O4/c1-22(2,3)31-20(29)26-19-14-18(16-8-7-15(24)13-17(16)25-19)27-9-11-28(12-10-27)21(30)32-23(4,5)6;1-19(2,3)27-18(26)23-8-6-22(7-9-23)16-11-15(17(24)25)21-14-10-12(20)4-5-13(14)16/h7-8,13-14H,9-12H2,1-6H3,(H,25,26,29);4-5,10-11H,6-9H2,1-3H3,(H,24,25). The normalized spacial score (nSPS) is 15.0. The van der Waals surface area contributed by atoms with Crippen LogP contribution in [0, 0.1) is 0 Å². The molecule has 17 heteroatoms. The summed E-state index contributed by atoms with van der Waals surface area (Å²) in [6.45, 7) is 20.9. The van der Waals surface area contributed by atoms with Crippen molar-refractivity contribution in [2.45, 2.75) is 79.1 Å². The van der Waals surface area contributed by atoms with Crippen molar-refractivity contribution in [1.29, 1.82) is 0 Å². The fourth-order valence-corrected chi connectivity index (χ4v) is 6.72. The number of hydrogen-bond donors (Lipinski definition) is 2. The SMILES string of the molecule is CC(C)(C)OC(=O)N1CCN(c2cc(C(=O)O)nc3cc(Cl)ccc23)CC1.CC(C)(C)OC(=O)Nc1cc(N2CCN(C(=O)OC(C)(C)C)CC2)c2ccc(Cl)cc2n1. The second-order valence-corrected chi connectivity index (χ2v) is 18.1. The number of carbonyl (C=O) groups is 4. The summed E-state index contributed by atoms with van der Waals surface area (Å²) in [7, 11) is 0. The van der Waals surface area contributed by atoms with Gasteiger partial charge in [0.25, 0.3) is 0 Å². The number of pyridine rings is 2. The number of nitrogens with one attached hydrogen (secondary N) is 1. The van der Waals surface area contributed by atoms with Gasteiger partial charge in [-0.1, -0.05) is 23.2 Å². The van der Waals surface area contributed by atoms with E-state index in [0.717, 1.165) is 22.1 Å². The molecule has 0 saturated carbocycles. The number of carboxylic acids is 1. The number of aromatic carboxylic acids is 1. The predicted octanol–water partition coefficient (Wildman–Crippen LogP) is 8.94. The van der Waals surface area contributed by atoms with Crippen LogP contribution >= 0.6 is 23.2 Å². The number of piperazine rings is 2. The van der Waals surface area contributed by atoms with Crippen molar-refractivity contribution in [3.63, 3.8) is 0 Å². The molecule has 2 aliphatic rings. The van der Waals surface area contributed by atoms with E-state index in [9.17, 15) is 24.3 Å². The number of fused-ring (bicyclic) bond motifs is 2. The summed E-state index contributed by atoms with van der Waals surface area (Å²) < 4.78 is 16.3. The van der Waals surface area contributed by atoms with E-state index in [1.165, 1.54) is 0 Å². The number of aromatic nitrogens is 2. The number of rotatable bonds is 4. The molecule has 0 aliphatic carbocycles. The molecule has 318 valence electrons. The molecule has 0 radical (unpaired) electrons. The number of amides is 3. The van der Waals surface area contributed by atoms with Crippen molar-refractivity contribution in [2.24, 2.45) is 0 Å². The zero-order chi connectivity index (χ0) is 43.4. The molecule has 6 rings (SSSR count).